The van der Waals surface area contributed by atoms with E-state index in [0.29, 0.717) is 6.04 Å². The summed E-state index contributed by atoms with van der Waals surface area (Å²) < 4.78 is 2.09. The molecule has 0 radical (unpaired) electrons. The van der Waals surface area contributed by atoms with Crippen LogP contribution >= 0.6 is 0 Å². The molecule has 98 valence electrons. The van der Waals surface area contributed by atoms with Gasteiger partial charge in [-0.25, -0.2) is 4.98 Å². The van der Waals surface area contributed by atoms with Crippen LogP contribution in [-0.2, 0) is 0 Å². The minimum absolute atomic E-state index is 0.177. The van der Waals surface area contributed by atoms with Crippen molar-refractivity contribution in [2.75, 3.05) is 33.2 Å². The van der Waals surface area contributed by atoms with Gasteiger partial charge in [0.25, 0.3) is 0 Å². The van der Waals surface area contributed by atoms with E-state index in [0.717, 1.165) is 31.9 Å². The quantitative estimate of drug-likeness (QED) is 0.807. The zero-order chi connectivity index (χ0) is 13.1. The van der Waals surface area contributed by atoms with Crippen molar-refractivity contribution in [1.82, 2.24) is 19.4 Å². The summed E-state index contributed by atoms with van der Waals surface area (Å²) in [4.78, 5) is 8.74. The fraction of sp³-hybridized carbons (Fsp3) is 0.692. The van der Waals surface area contributed by atoms with Crippen LogP contribution in [0.1, 0.15) is 31.6 Å². The lowest BCUT2D eigenvalue weighted by atomic mass is 10.1. The first-order chi connectivity index (χ1) is 8.63. The number of nitriles is 1. The van der Waals surface area contributed by atoms with E-state index < -0.39 is 0 Å². The summed E-state index contributed by atoms with van der Waals surface area (Å²) in [5.41, 5.74) is 1.01. The van der Waals surface area contributed by atoms with Gasteiger partial charge in [-0.15, -0.1) is 0 Å². The van der Waals surface area contributed by atoms with Crippen molar-refractivity contribution < 1.29 is 0 Å². The molecule has 2 heterocycles. The van der Waals surface area contributed by atoms with Crippen LogP contribution in [0.3, 0.4) is 0 Å². The molecule has 0 amide bonds. The van der Waals surface area contributed by atoms with E-state index in [2.05, 4.69) is 46.3 Å². The molecule has 1 aliphatic heterocycles. The maximum Gasteiger partial charge on any atom is 0.140 e. The number of aromatic nitrogens is 2. The first kappa shape index (κ1) is 13.1. The van der Waals surface area contributed by atoms with Crippen molar-refractivity contribution in [2.45, 2.75) is 25.9 Å². The highest BCUT2D eigenvalue weighted by atomic mass is 15.3. The van der Waals surface area contributed by atoms with E-state index >= 15 is 0 Å². The number of hydrogen-bond acceptors (Lipinski definition) is 4. The van der Waals surface area contributed by atoms with Crippen molar-refractivity contribution in [2.24, 2.45) is 0 Å². The van der Waals surface area contributed by atoms with Crippen LogP contribution in [0.25, 0.3) is 0 Å². The number of nitrogens with zero attached hydrogens (tertiary/aromatic N) is 5. The first-order valence-electron chi connectivity index (χ1n) is 6.47. The van der Waals surface area contributed by atoms with Gasteiger partial charge in [-0.05, 0) is 20.9 Å². The van der Waals surface area contributed by atoms with E-state index in [1.54, 1.807) is 0 Å². The first-order valence-corrected chi connectivity index (χ1v) is 6.47. The summed E-state index contributed by atoms with van der Waals surface area (Å²) in [7, 11) is 2.12. The maximum absolute atomic E-state index is 9.48. The predicted octanol–water partition coefficient (Wildman–Crippen LogP) is 1.28. The Morgan fingerprint density at radius 3 is 2.50 bits per heavy atom. The molecular weight excluding hydrogens is 226 g/mol. The van der Waals surface area contributed by atoms with Gasteiger partial charge < -0.3 is 9.47 Å². The molecule has 1 aromatic heterocycles. The molecule has 2 rings (SSSR count). The Labute approximate surface area is 109 Å². The van der Waals surface area contributed by atoms with Gasteiger partial charge in [0, 0.05) is 32.2 Å². The molecule has 0 spiro atoms. The minimum Gasteiger partial charge on any atom is -0.330 e. The van der Waals surface area contributed by atoms with E-state index in [9.17, 15) is 5.26 Å². The average molecular weight is 247 g/mol. The van der Waals surface area contributed by atoms with Gasteiger partial charge in [0.05, 0.1) is 24.3 Å². The monoisotopic (exact) mass is 247 g/mol. The molecule has 0 N–H and O–H groups in total. The molecule has 1 aromatic rings. The standard InChI is InChI=1S/C13H21N5/c1-11(2)18-10-15-9-13(18)12(8-14)17-6-4-16(3)5-7-17/h9-12H,4-7H2,1-3H3. The van der Waals surface area contributed by atoms with E-state index in [1.165, 1.54) is 0 Å². The summed E-state index contributed by atoms with van der Waals surface area (Å²) in [6.07, 6.45) is 3.65. The van der Waals surface area contributed by atoms with E-state index in [4.69, 9.17) is 0 Å². The lowest BCUT2D eigenvalue weighted by Crippen LogP contribution is -2.46. The largest absolute Gasteiger partial charge is 0.330 e. The molecule has 0 bridgehead atoms. The number of likely N-dealkylation sites (N-methyl/N-ethyl adjacent to an activating group) is 1. The molecule has 18 heavy (non-hydrogen) atoms. The van der Waals surface area contributed by atoms with Crippen LogP contribution in [0.5, 0.6) is 0 Å². The fourth-order valence-electron chi connectivity index (χ4n) is 2.37. The predicted molar refractivity (Wildman–Crippen MR) is 70.0 cm³/mol. The Kier molecular flexibility index (Phi) is 4.00. The SMILES string of the molecule is CC(C)n1cncc1C(C#N)N1CCN(C)CC1. The van der Waals surface area contributed by atoms with Gasteiger partial charge in [0.1, 0.15) is 6.04 Å². The highest BCUT2D eigenvalue weighted by Crippen LogP contribution is 2.23. The highest BCUT2D eigenvalue weighted by Gasteiger charge is 2.26. The molecule has 5 heteroatoms. The molecule has 5 nitrogen and oxygen atoms in total. The van der Waals surface area contributed by atoms with E-state index in [1.807, 2.05) is 12.5 Å². The summed E-state index contributed by atoms with van der Waals surface area (Å²) in [5, 5.41) is 9.48. The van der Waals surface area contributed by atoms with Gasteiger partial charge in [-0.1, -0.05) is 0 Å². The highest BCUT2D eigenvalue weighted by molar-refractivity contribution is 5.15. The maximum atomic E-state index is 9.48. The third kappa shape index (κ3) is 2.55. The number of hydrogen-bond donors (Lipinski definition) is 0. The Morgan fingerprint density at radius 2 is 1.94 bits per heavy atom. The molecule has 0 aliphatic carbocycles. The Balaban J connectivity index is 2.18. The van der Waals surface area contributed by atoms with Crippen molar-refractivity contribution in [3.63, 3.8) is 0 Å². The van der Waals surface area contributed by atoms with Gasteiger partial charge >= 0.3 is 0 Å². The van der Waals surface area contributed by atoms with Crippen LogP contribution in [0.15, 0.2) is 12.5 Å². The number of imidazole rings is 1. The molecule has 1 unspecified atom stereocenters. The molecular formula is C13H21N5. The Hall–Kier alpha value is -1.38. The Morgan fingerprint density at radius 1 is 1.28 bits per heavy atom. The van der Waals surface area contributed by atoms with Gasteiger partial charge in [-0.2, -0.15) is 5.26 Å². The average Bonchev–Trinajstić information content (AvgIpc) is 2.82. The van der Waals surface area contributed by atoms with Crippen molar-refractivity contribution in [3.05, 3.63) is 18.2 Å². The lowest BCUT2D eigenvalue weighted by molar-refractivity contribution is 0.129. The minimum atomic E-state index is -0.177. The second kappa shape index (κ2) is 5.51. The summed E-state index contributed by atoms with van der Waals surface area (Å²) >= 11 is 0. The molecule has 0 aromatic carbocycles. The molecule has 1 fully saturated rings. The van der Waals surface area contributed by atoms with E-state index in [-0.39, 0.29) is 6.04 Å². The van der Waals surface area contributed by atoms with Crippen molar-refractivity contribution in [1.29, 1.82) is 5.26 Å². The van der Waals surface area contributed by atoms with Crippen LogP contribution in [0, 0.1) is 11.3 Å². The summed E-state index contributed by atoms with van der Waals surface area (Å²) in [5.74, 6) is 0. The number of piperazine rings is 1. The summed E-state index contributed by atoms with van der Waals surface area (Å²) in [6.45, 7) is 8.16. The lowest BCUT2D eigenvalue weighted by Gasteiger charge is -2.35. The van der Waals surface area contributed by atoms with Crippen LogP contribution in [-0.4, -0.2) is 52.6 Å². The smallest absolute Gasteiger partial charge is 0.140 e. The number of rotatable bonds is 3. The second-order valence-electron chi connectivity index (χ2n) is 5.19. The summed E-state index contributed by atoms with van der Waals surface area (Å²) in [6, 6.07) is 2.59. The van der Waals surface area contributed by atoms with Crippen LogP contribution in [0.2, 0.25) is 0 Å². The van der Waals surface area contributed by atoms with Crippen LogP contribution < -0.4 is 0 Å². The molecule has 1 atom stereocenters. The fourth-order valence-corrected chi connectivity index (χ4v) is 2.37. The third-order valence-electron chi connectivity index (χ3n) is 3.56. The third-order valence-corrected chi connectivity index (χ3v) is 3.56. The van der Waals surface area contributed by atoms with Gasteiger partial charge in [0.15, 0.2) is 0 Å². The van der Waals surface area contributed by atoms with Gasteiger partial charge in [-0.3, -0.25) is 4.90 Å². The van der Waals surface area contributed by atoms with Crippen molar-refractivity contribution >= 4 is 0 Å². The Bertz CT molecular complexity index is 423. The zero-order valence-corrected chi connectivity index (χ0v) is 11.4. The second-order valence-corrected chi connectivity index (χ2v) is 5.19. The molecule has 1 aliphatic rings. The topological polar surface area (TPSA) is 48.1 Å². The molecule has 0 saturated carbocycles. The zero-order valence-electron chi connectivity index (χ0n) is 11.4. The van der Waals surface area contributed by atoms with Gasteiger partial charge in [0.2, 0.25) is 0 Å². The molecule has 1 saturated heterocycles. The normalized spacial score (nSPS) is 19.9. The van der Waals surface area contributed by atoms with Crippen LogP contribution in [0.4, 0.5) is 0 Å². The van der Waals surface area contributed by atoms with Crippen molar-refractivity contribution in [3.8, 4) is 6.07 Å².